The van der Waals surface area contributed by atoms with Crippen molar-refractivity contribution in [2.75, 3.05) is 18.1 Å². The normalized spacial score (nSPS) is 15.4. The first kappa shape index (κ1) is 21.2. The third kappa shape index (κ3) is 4.54. The lowest BCUT2D eigenvalue weighted by molar-refractivity contribution is -0.113. The SMILES string of the molecule is CCOc1cc(C=C2SC(=S)N(c3ccc(Br)cc3)C2=O)cc(Cl)c1OCC. The molecule has 0 N–H and O–H groups in total. The van der Waals surface area contributed by atoms with Gasteiger partial charge >= 0.3 is 0 Å². The summed E-state index contributed by atoms with van der Waals surface area (Å²) in [6, 6.07) is 11.0. The Balaban J connectivity index is 1.94. The standard InChI is InChI=1S/C20H17BrClNO3S2/c1-3-25-16-10-12(9-15(22)18(16)26-4-2)11-17-19(24)23(20(27)28-17)14-7-5-13(21)6-8-14/h5-11H,3-4H2,1-2H3. The summed E-state index contributed by atoms with van der Waals surface area (Å²) in [5, 5.41) is 0.433. The van der Waals surface area contributed by atoms with E-state index in [0.717, 1.165) is 15.7 Å². The Morgan fingerprint density at radius 3 is 2.50 bits per heavy atom. The number of benzene rings is 2. The molecule has 0 bridgehead atoms. The summed E-state index contributed by atoms with van der Waals surface area (Å²) in [7, 11) is 0. The summed E-state index contributed by atoms with van der Waals surface area (Å²) in [5.74, 6) is 0.886. The fourth-order valence-corrected chi connectivity index (χ4v) is 4.49. The maximum Gasteiger partial charge on any atom is 0.270 e. The smallest absolute Gasteiger partial charge is 0.270 e. The molecule has 0 unspecified atom stereocenters. The number of carbonyl (C=O) groups excluding carboxylic acids is 1. The first-order chi connectivity index (χ1) is 13.4. The van der Waals surface area contributed by atoms with E-state index in [-0.39, 0.29) is 5.91 Å². The zero-order valence-electron chi connectivity index (χ0n) is 15.2. The van der Waals surface area contributed by atoms with Crippen LogP contribution in [0.4, 0.5) is 5.69 Å². The summed E-state index contributed by atoms with van der Waals surface area (Å²) >= 11 is 16.4. The molecule has 8 heteroatoms. The van der Waals surface area contributed by atoms with Crippen LogP contribution in [-0.2, 0) is 4.79 Å². The van der Waals surface area contributed by atoms with Crippen molar-refractivity contribution in [3.8, 4) is 11.5 Å². The summed E-state index contributed by atoms with van der Waals surface area (Å²) in [6.07, 6.45) is 1.77. The summed E-state index contributed by atoms with van der Waals surface area (Å²) in [5.41, 5.74) is 1.47. The average molecular weight is 499 g/mol. The highest BCUT2D eigenvalue weighted by molar-refractivity contribution is 9.10. The number of rotatable bonds is 6. The molecule has 2 aromatic carbocycles. The summed E-state index contributed by atoms with van der Waals surface area (Å²) in [4.78, 5) is 15.0. The second-order valence-corrected chi connectivity index (χ2v) is 8.69. The van der Waals surface area contributed by atoms with Crippen LogP contribution in [0.2, 0.25) is 5.02 Å². The van der Waals surface area contributed by atoms with Gasteiger partial charge in [-0.2, -0.15) is 0 Å². The zero-order chi connectivity index (χ0) is 20.3. The fraction of sp³-hybridized carbons (Fsp3) is 0.200. The molecule has 28 heavy (non-hydrogen) atoms. The van der Waals surface area contributed by atoms with Crippen LogP contribution < -0.4 is 14.4 Å². The minimum Gasteiger partial charge on any atom is -0.490 e. The van der Waals surface area contributed by atoms with Gasteiger partial charge in [-0.25, -0.2) is 0 Å². The topological polar surface area (TPSA) is 38.8 Å². The Morgan fingerprint density at radius 1 is 1.18 bits per heavy atom. The number of anilines is 1. The molecule has 0 aromatic heterocycles. The zero-order valence-corrected chi connectivity index (χ0v) is 19.2. The number of nitrogens with zero attached hydrogens (tertiary/aromatic N) is 1. The van der Waals surface area contributed by atoms with E-state index in [1.54, 1.807) is 12.1 Å². The Hall–Kier alpha value is -1.54. The lowest BCUT2D eigenvalue weighted by atomic mass is 10.1. The summed E-state index contributed by atoms with van der Waals surface area (Å²) in [6.45, 7) is 4.73. The molecule has 0 atom stereocenters. The Labute approximate surface area is 187 Å². The maximum atomic E-state index is 12.9. The van der Waals surface area contributed by atoms with E-state index in [4.69, 9.17) is 33.3 Å². The average Bonchev–Trinajstić information content (AvgIpc) is 2.93. The second-order valence-electron chi connectivity index (χ2n) is 5.69. The monoisotopic (exact) mass is 497 g/mol. The number of hydrogen-bond acceptors (Lipinski definition) is 5. The Bertz CT molecular complexity index is 947. The molecule has 2 aromatic rings. The molecular weight excluding hydrogens is 482 g/mol. The number of hydrogen-bond donors (Lipinski definition) is 0. The van der Waals surface area contributed by atoms with Crippen LogP contribution in [0.15, 0.2) is 45.8 Å². The minimum absolute atomic E-state index is 0.166. The van der Waals surface area contributed by atoms with E-state index < -0.39 is 0 Å². The van der Waals surface area contributed by atoms with E-state index in [1.165, 1.54) is 16.7 Å². The van der Waals surface area contributed by atoms with Crippen molar-refractivity contribution >= 4 is 73.5 Å². The van der Waals surface area contributed by atoms with Gasteiger partial charge in [-0.1, -0.05) is 51.5 Å². The molecule has 0 aliphatic carbocycles. The number of amides is 1. The third-order valence-electron chi connectivity index (χ3n) is 3.80. The molecule has 1 saturated heterocycles. The van der Waals surface area contributed by atoms with E-state index >= 15 is 0 Å². The van der Waals surface area contributed by atoms with Gasteiger partial charge in [0.15, 0.2) is 15.8 Å². The largest absolute Gasteiger partial charge is 0.490 e. The van der Waals surface area contributed by atoms with Gasteiger partial charge in [0, 0.05) is 4.47 Å². The first-order valence-electron chi connectivity index (χ1n) is 8.57. The van der Waals surface area contributed by atoms with Gasteiger partial charge in [-0.15, -0.1) is 0 Å². The van der Waals surface area contributed by atoms with E-state index in [9.17, 15) is 4.79 Å². The number of halogens is 2. The molecule has 0 radical (unpaired) electrons. The van der Waals surface area contributed by atoms with Crippen LogP contribution in [0.5, 0.6) is 11.5 Å². The van der Waals surface area contributed by atoms with Crippen molar-refractivity contribution < 1.29 is 14.3 Å². The lowest BCUT2D eigenvalue weighted by Gasteiger charge is -2.14. The predicted octanol–water partition coefficient (Wildman–Crippen LogP) is 6.31. The molecule has 1 heterocycles. The highest BCUT2D eigenvalue weighted by atomic mass is 79.9. The van der Waals surface area contributed by atoms with Crippen molar-refractivity contribution in [2.24, 2.45) is 0 Å². The second kappa shape index (κ2) is 9.31. The van der Waals surface area contributed by atoms with Crippen molar-refractivity contribution in [1.82, 2.24) is 0 Å². The van der Waals surface area contributed by atoms with Crippen LogP contribution >= 0.6 is 51.5 Å². The van der Waals surface area contributed by atoms with Gasteiger partial charge in [0.05, 0.1) is 28.8 Å². The third-order valence-corrected chi connectivity index (χ3v) is 5.91. The molecule has 0 saturated carbocycles. The Kier molecular flexibility index (Phi) is 7.04. The highest BCUT2D eigenvalue weighted by Gasteiger charge is 2.33. The molecule has 4 nitrogen and oxygen atoms in total. The summed E-state index contributed by atoms with van der Waals surface area (Å²) < 4.78 is 12.7. The molecule has 3 rings (SSSR count). The predicted molar refractivity (Wildman–Crippen MR) is 124 cm³/mol. The number of thioether (sulfide) groups is 1. The van der Waals surface area contributed by atoms with Gasteiger partial charge in [0.25, 0.3) is 5.91 Å². The van der Waals surface area contributed by atoms with Crippen LogP contribution in [-0.4, -0.2) is 23.4 Å². The van der Waals surface area contributed by atoms with Gasteiger partial charge < -0.3 is 9.47 Å². The van der Waals surface area contributed by atoms with Crippen LogP contribution in [0.25, 0.3) is 6.08 Å². The van der Waals surface area contributed by atoms with Gasteiger partial charge in [0.1, 0.15) is 0 Å². The van der Waals surface area contributed by atoms with E-state index in [2.05, 4.69) is 15.9 Å². The van der Waals surface area contributed by atoms with Crippen molar-refractivity contribution in [2.45, 2.75) is 13.8 Å². The number of ether oxygens (including phenoxy) is 2. The van der Waals surface area contributed by atoms with Crippen LogP contribution in [0.1, 0.15) is 19.4 Å². The maximum absolute atomic E-state index is 12.9. The minimum atomic E-state index is -0.166. The van der Waals surface area contributed by atoms with Crippen molar-refractivity contribution in [1.29, 1.82) is 0 Å². The number of thiocarbonyl (C=S) groups is 1. The molecular formula is C20H17BrClNO3S2. The van der Waals surface area contributed by atoms with Crippen LogP contribution in [0, 0.1) is 0 Å². The number of carbonyl (C=O) groups is 1. The molecule has 0 spiro atoms. The molecule has 1 amide bonds. The molecule has 1 aliphatic rings. The quantitative estimate of drug-likeness (QED) is 0.345. The molecule has 146 valence electrons. The molecule has 1 fully saturated rings. The van der Waals surface area contributed by atoms with Crippen LogP contribution in [0.3, 0.4) is 0 Å². The lowest BCUT2D eigenvalue weighted by Crippen LogP contribution is -2.27. The van der Waals surface area contributed by atoms with Crippen molar-refractivity contribution in [3.63, 3.8) is 0 Å². The van der Waals surface area contributed by atoms with Gasteiger partial charge in [-0.05, 0) is 61.9 Å². The van der Waals surface area contributed by atoms with Gasteiger partial charge in [-0.3, -0.25) is 9.69 Å². The molecule has 1 aliphatic heterocycles. The fourth-order valence-electron chi connectivity index (χ4n) is 2.65. The van der Waals surface area contributed by atoms with Gasteiger partial charge in [0.2, 0.25) is 0 Å². The first-order valence-corrected chi connectivity index (χ1v) is 11.0. The Morgan fingerprint density at radius 2 is 1.86 bits per heavy atom. The highest BCUT2D eigenvalue weighted by Crippen LogP contribution is 2.40. The van der Waals surface area contributed by atoms with Crippen molar-refractivity contribution in [3.05, 3.63) is 56.4 Å². The van der Waals surface area contributed by atoms with E-state index in [1.807, 2.05) is 44.2 Å². The van der Waals surface area contributed by atoms with E-state index in [0.29, 0.717) is 39.0 Å².